The van der Waals surface area contributed by atoms with E-state index in [2.05, 4.69) is 31.4 Å². The summed E-state index contributed by atoms with van der Waals surface area (Å²) in [7, 11) is 0. The standard InChI is InChI=1S/C48H55N3O9/c1-4-23-55-36-18-20-41-39(27-36)45-37(12-8-10-22-53)35(11-7-9-21-52)26-38-40(50-59-6-3)28-44(48(60-41,46(38)45)58-24-5-2)51(47(54)34-16-13-32(29-49)14-17-34)30-33-15-19-42-43(25-33)57-31-56-42/h4-5,13-20,25-27,35,37,44-46,52-53H,1-2,6-12,21-24,28,30-31H2,3H3/t35-,37+,44-,45+,46+,48+/m0/s1. The maximum Gasteiger partial charge on any atom is 0.254 e. The number of nitriles is 1. The molecule has 0 radical (unpaired) electrons. The van der Waals surface area contributed by atoms with Crippen LogP contribution in [0.15, 0.2) is 103 Å². The predicted octanol–water partition coefficient (Wildman–Crippen LogP) is 7.85. The Morgan fingerprint density at radius 3 is 2.45 bits per heavy atom. The molecule has 3 aromatic carbocycles. The second kappa shape index (κ2) is 19.6. The number of allylic oxidation sites excluding steroid dienone is 1. The van der Waals surface area contributed by atoms with Gasteiger partial charge in [-0.2, -0.15) is 5.26 Å². The van der Waals surface area contributed by atoms with Crippen molar-refractivity contribution in [1.29, 1.82) is 5.26 Å². The first-order chi connectivity index (χ1) is 29.4. The van der Waals surface area contributed by atoms with Crippen LogP contribution in [0.25, 0.3) is 0 Å². The quantitative estimate of drug-likeness (QED) is 0.0655. The monoisotopic (exact) mass is 817 g/mol. The van der Waals surface area contributed by atoms with Crippen molar-refractivity contribution in [2.45, 2.75) is 76.2 Å². The highest BCUT2D eigenvalue weighted by atomic mass is 16.7. The highest BCUT2D eigenvalue weighted by molar-refractivity contribution is 6.03. The average molecular weight is 818 g/mol. The van der Waals surface area contributed by atoms with Crippen LogP contribution in [0.5, 0.6) is 23.0 Å². The van der Waals surface area contributed by atoms with Crippen molar-refractivity contribution in [3.63, 3.8) is 0 Å². The number of aliphatic hydroxyl groups excluding tert-OH is 2. The summed E-state index contributed by atoms with van der Waals surface area (Å²) in [4.78, 5) is 23.0. The number of ether oxygens (including phenoxy) is 5. The van der Waals surface area contributed by atoms with Gasteiger partial charge in [0.05, 0.1) is 29.9 Å². The first-order valence-corrected chi connectivity index (χ1v) is 21.0. The molecule has 1 fully saturated rings. The minimum Gasteiger partial charge on any atom is -0.490 e. The average Bonchev–Trinajstić information content (AvgIpc) is 3.75. The number of hydrogen-bond acceptors (Lipinski definition) is 11. The Labute approximate surface area is 352 Å². The van der Waals surface area contributed by atoms with Gasteiger partial charge in [-0.1, -0.05) is 48.9 Å². The third-order valence-corrected chi connectivity index (χ3v) is 12.0. The Morgan fingerprint density at radius 2 is 1.72 bits per heavy atom. The number of benzene rings is 3. The molecule has 4 aliphatic rings. The smallest absolute Gasteiger partial charge is 0.254 e. The fraction of sp³-hybridized carbons (Fsp3) is 0.438. The van der Waals surface area contributed by atoms with Crippen LogP contribution in [-0.4, -0.2) is 78.4 Å². The molecule has 0 spiro atoms. The van der Waals surface area contributed by atoms with E-state index in [-0.39, 0.29) is 63.2 Å². The Bertz CT molecular complexity index is 2110. The minimum atomic E-state index is -1.46. The first kappa shape index (κ1) is 42.5. The molecular weight excluding hydrogens is 763 g/mol. The molecule has 0 bridgehead atoms. The van der Waals surface area contributed by atoms with Crippen LogP contribution in [-0.2, 0) is 16.1 Å². The zero-order valence-electron chi connectivity index (χ0n) is 34.3. The molecule has 3 aromatic rings. The predicted molar refractivity (Wildman–Crippen MR) is 226 cm³/mol. The van der Waals surface area contributed by atoms with E-state index in [1.54, 1.807) is 41.3 Å². The summed E-state index contributed by atoms with van der Waals surface area (Å²) in [6.07, 6.45) is 10.5. The number of oxime groups is 1. The number of carbonyl (C=O) groups is 1. The maximum atomic E-state index is 15.3. The number of fused-ring (bicyclic) bond motifs is 3. The molecule has 0 saturated heterocycles. The van der Waals surface area contributed by atoms with Gasteiger partial charge in [-0.25, -0.2) is 0 Å². The van der Waals surface area contributed by atoms with E-state index in [1.165, 1.54) is 0 Å². The zero-order chi connectivity index (χ0) is 42.1. The fourth-order valence-corrected chi connectivity index (χ4v) is 9.45. The van der Waals surface area contributed by atoms with Crippen molar-refractivity contribution in [3.05, 3.63) is 120 Å². The summed E-state index contributed by atoms with van der Waals surface area (Å²) in [5.74, 6) is 0.201. The van der Waals surface area contributed by atoms with Crippen LogP contribution in [0.2, 0.25) is 0 Å². The van der Waals surface area contributed by atoms with E-state index in [4.69, 9.17) is 33.7 Å². The Kier molecular flexibility index (Phi) is 13.9. The van der Waals surface area contributed by atoms with Crippen LogP contribution in [0, 0.1) is 29.1 Å². The molecule has 1 amide bonds. The van der Waals surface area contributed by atoms with Gasteiger partial charge < -0.3 is 43.6 Å². The van der Waals surface area contributed by atoms with Gasteiger partial charge in [-0.3, -0.25) is 4.79 Å². The molecule has 2 heterocycles. The van der Waals surface area contributed by atoms with Gasteiger partial charge in [0.25, 0.3) is 5.91 Å². The van der Waals surface area contributed by atoms with Crippen LogP contribution in [0.3, 0.4) is 0 Å². The van der Waals surface area contributed by atoms with Crippen molar-refractivity contribution < 1.29 is 43.5 Å². The molecule has 0 unspecified atom stereocenters. The lowest BCUT2D eigenvalue weighted by atomic mass is 9.55. The lowest BCUT2D eigenvalue weighted by Crippen LogP contribution is -2.70. The van der Waals surface area contributed by atoms with Gasteiger partial charge in [0.1, 0.15) is 30.8 Å². The number of nitrogens with zero attached hydrogens (tertiary/aromatic N) is 3. The Balaban J connectivity index is 1.47. The van der Waals surface area contributed by atoms with Crippen LogP contribution in [0.1, 0.15) is 84.8 Å². The van der Waals surface area contributed by atoms with E-state index in [1.807, 2.05) is 37.3 Å². The van der Waals surface area contributed by atoms with Gasteiger partial charge >= 0.3 is 0 Å². The van der Waals surface area contributed by atoms with Crippen molar-refractivity contribution in [1.82, 2.24) is 4.90 Å². The van der Waals surface area contributed by atoms with Crippen LogP contribution < -0.4 is 18.9 Å². The van der Waals surface area contributed by atoms with Gasteiger partial charge in [0.15, 0.2) is 11.5 Å². The van der Waals surface area contributed by atoms with Gasteiger partial charge in [-0.15, -0.1) is 6.58 Å². The molecule has 12 nitrogen and oxygen atoms in total. The molecular formula is C48H55N3O9. The summed E-state index contributed by atoms with van der Waals surface area (Å²) in [5.41, 5.74) is 4.24. The Hall–Kier alpha value is -5.61. The summed E-state index contributed by atoms with van der Waals surface area (Å²) in [6, 6.07) is 19.5. The van der Waals surface area contributed by atoms with E-state index in [9.17, 15) is 15.5 Å². The third-order valence-electron chi connectivity index (χ3n) is 12.0. The lowest BCUT2D eigenvalue weighted by molar-refractivity contribution is -0.255. The van der Waals surface area contributed by atoms with Crippen LogP contribution in [0.4, 0.5) is 0 Å². The third kappa shape index (κ3) is 8.66. The summed E-state index contributed by atoms with van der Waals surface area (Å²) >= 11 is 0. The normalized spacial score (nSPS) is 23.9. The molecule has 2 aliphatic carbocycles. The SMILES string of the molecule is C=CCOc1ccc2c(c1)[C@H]1[C@H](CCCCO)[C@@H](CCCCO)C=C3C(=NOCC)C[C@H](N(Cc4ccc5c(c4)OCO5)C(=O)c4ccc(C#N)cc4)[C@@](OCC=C)(O2)[C@H]31. The van der Waals surface area contributed by atoms with Gasteiger partial charge in [-0.05, 0) is 110 Å². The first-order valence-electron chi connectivity index (χ1n) is 21.0. The molecule has 6 atom stereocenters. The second-order valence-electron chi connectivity index (χ2n) is 15.6. The molecule has 2 N–H and O–H groups in total. The van der Waals surface area contributed by atoms with E-state index in [0.717, 1.165) is 42.4 Å². The van der Waals surface area contributed by atoms with E-state index < -0.39 is 17.7 Å². The van der Waals surface area contributed by atoms with E-state index >= 15 is 4.79 Å². The molecule has 12 heteroatoms. The van der Waals surface area contributed by atoms with Gasteiger partial charge in [0, 0.05) is 43.2 Å². The number of carbonyl (C=O) groups excluding carboxylic acids is 1. The summed E-state index contributed by atoms with van der Waals surface area (Å²) in [5, 5.41) is 34.2. The molecule has 0 aromatic heterocycles. The summed E-state index contributed by atoms with van der Waals surface area (Å²) < 4.78 is 32.0. The lowest BCUT2D eigenvalue weighted by Gasteiger charge is -2.60. The second-order valence-corrected chi connectivity index (χ2v) is 15.6. The van der Waals surface area contributed by atoms with Gasteiger partial charge in [0.2, 0.25) is 12.6 Å². The number of hydrogen-bond donors (Lipinski definition) is 2. The molecule has 2 aliphatic heterocycles. The van der Waals surface area contributed by atoms with Crippen LogP contribution >= 0.6 is 0 Å². The van der Waals surface area contributed by atoms with Crippen molar-refractivity contribution in [2.75, 3.05) is 39.8 Å². The maximum absolute atomic E-state index is 15.3. The number of amides is 1. The van der Waals surface area contributed by atoms with E-state index in [0.29, 0.717) is 65.9 Å². The highest BCUT2D eigenvalue weighted by Gasteiger charge is 2.65. The molecule has 316 valence electrons. The van der Waals surface area contributed by atoms with Crippen molar-refractivity contribution in [3.8, 4) is 29.1 Å². The largest absolute Gasteiger partial charge is 0.490 e. The molecule has 7 rings (SSSR count). The Morgan fingerprint density at radius 1 is 0.967 bits per heavy atom. The summed E-state index contributed by atoms with van der Waals surface area (Å²) in [6.45, 7) is 11.0. The highest BCUT2D eigenvalue weighted by Crippen LogP contribution is 2.62. The number of unbranched alkanes of at least 4 members (excludes halogenated alkanes) is 2. The number of aliphatic hydroxyl groups is 2. The zero-order valence-corrected chi connectivity index (χ0v) is 34.3. The van der Waals surface area contributed by atoms with Crippen molar-refractivity contribution in [2.24, 2.45) is 22.9 Å². The topological polar surface area (TPSA) is 152 Å². The molecule has 60 heavy (non-hydrogen) atoms. The number of rotatable bonds is 20. The minimum absolute atomic E-state index is 0.0524. The molecule has 1 saturated carbocycles. The van der Waals surface area contributed by atoms with Crippen molar-refractivity contribution >= 4 is 11.6 Å². The fourth-order valence-electron chi connectivity index (χ4n) is 9.45.